The summed E-state index contributed by atoms with van der Waals surface area (Å²) in [7, 11) is 0. The van der Waals surface area contributed by atoms with Gasteiger partial charge in [-0.15, -0.1) is 0 Å². The third-order valence-electron chi connectivity index (χ3n) is 5.94. The average Bonchev–Trinajstić information content (AvgIpc) is 2.94. The van der Waals surface area contributed by atoms with E-state index in [2.05, 4.69) is 51.6 Å². The van der Waals surface area contributed by atoms with Crippen LogP contribution in [0, 0.1) is 0 Å². The van der Waals surface area contributed by atoms with Gasteiger partial charge < -0.3 is 15.0 Å². The van der Waals surface area contributed by atoms with Gasteiger partial charge in [0.1, 0.15) is 12.4 Å². The van der Waals surface area contributed by atoms with Crippen molar-refractivity contribution in [3.8, 4) is 5.75 Å². The number of piperidine rings is 1. The van der Waals surface area contributed by atoms with Crippen LogP contribution in [-0.2, 0) is 6.61 Å². The van der Waals surface area contributed by atoms with Gasteiger partial charge in [0, 0.05) is 33.8 Å². The monoisotopic (exact) mass is 591 g/mol. The Balaban J connectivity index is 1.34. The number of para-hydroxylation sites is 1. The van der Waals surface area contributed by atoms with E-state index in [4.69, 9.17) is 16.3 Å². The normalized spacial score (nSPS) is 13.5. The van der Waals surface area contributed by atoms with Gasteiger partial charge >= 0.3 is 0 Å². The van der Waals surface area contributed by atoms with Crippen LogP contribution < -0.4 is 20.4 Å². The molecule has 2 heterocycles. The highest BCUT2D eigenvalue weighted by atomic mass is 79.9. The van der Waals surface area contributed by atoms with Crippen LogP contribution in [-0.4, -0.2) is 34.3 Å². The Morgan fingerprint density at radius 3 is 2.47 bits per heavy atom. The zero-order valence-electron chi connectivity index (χ0n) is 20.6. The first-order valence-corrected chi connectivity index (χ1v) is 13.6. The predicted octanol–water partition coefficient (Wildman–Crippen LogP) is 7.05. The molecule has 2 N–H and O–H groups in total. The van der Waals surface area contributed by atoms with Crippen LogP contribution in [0.25, 0.3) is 0 Å². The molecule has 38 heavy (non-hydrogen) atoms. The highest BCUT2D eigenvalue weighted by Crippen LogP contribution is 2.24. The van der Waals surface area contributed by atoms with Crippen molar-refractivity contribution < 1.29 is 4.74 Å². The summed E-state index contributed by atoms with van der Waals surface area (Å²) in [4.78, 5) is 16.0. The number of ether oxygens (including phenoxy) is 1. The van der Waals surface area contributed by atoms with Crippen LogP contribution in [0.5, 0.6) is 5.75 Å². The van der Waals surface area contributed by atoms with E-state index in [1.54, 1.807) is 6.21 Å². The first kappa shape index (κ1) is 25.9. The number of aromatic nitrogens is 3. The lowest BCUT2D eigenvalue weighted by atomic mass is 10.1. The van der Waals surface area contributed by atoms with E-state index in [1.807, 2.05) is 72.8 Å². The van der Waals surface area contributed by atoms with Gasteiger partial charge in [-0.1, -0.05) is 57.9 Å². The molecule has 0 bridgehead atoms. The van der Waals surface area contributed by atoms with E-state index < -0.39 is 0 Å². The molecule has 0 saturated carbocycles. The first-order valence-electron chi connectivity index (χ1n) is 12.4. The molecule has 10 heteroatoms. The van der Waals surface area contributed by atoms with Crippen molar-refractivity contribution in [3.63, 3.8) is 0 Å². The van der Waals surface area contributed by atoms with Gasteiger partial charge in [0.15, 0.2) is 0 Å². The fraction of sp³-hybridized carbons (Fsp3) is 0.214. The molecule has 0 aliphatic carbocycles. The van der Waals surface area contributed by atoms with E-state index >= 15 is 0 Å². The Hall–Kier alpha value is -3.69. The Morgan fingerprint density at radius 2 is 1.68 bits per heavy atom. The molecule has 5 rings (SSSR count). The predicted molar refractivity (Wildman–Crippen MR) is 157 cm³/mol. The number of benzene rings is 3. The standard InChI is InChI=1S/C28H27BrClN7O/c29-22-11-14-25(38-19-20-9-12-23(30)13-10-20)21(17-22)18-31-36-27-33-26(32-24-7-3-1-4-8-24)34-28(35-27)37-15-5-2-6-16-37/h1,3-4,7-14,17-18H,2,5-6,15-16,19H2,(H2,32,33,34,35,36)/b31-18+. The molecule has 0 unspecified atom stereocenters. The third-order valence-corrected chi connectivity index (χ3v) is 6.69. The zero-order chi connectivity index (χ0) is 26.2. The number of hydrogen-bond acceptors (Lipinski definition) is 8. The second-order valence-electron chi connectivity index (χ2n) is 8.79. The van der Waals surface area contributed by atoms with Gasteiger partial charge in [0.2, 0.25) is 17.8 Å². The van der Waals surface area contributed by atoms with Crippen LogP contribution in [0.1, 0.15) is 30.4 Å². The molecule has 1 aliphatic heterocycles. The summed E-state index contributed by atoms with van der Waals surface area (Å²) in [6.45, 7) is 2.25. The Kier molecular flexibility index (Phi) is 8.67. The van der Waals surface area contributed by atoms with Crippen LogP contribution in [0.3, 0.4) is 0 Å². The van der Waals surface area contributed by atoms with Crippen molar-refractivity contribution in [1.82, 2.24) is 15.0 Å². The Bertz CT molecular complexity index is 1380. The molecule has 0 amide bonds. The molecule has 1 saturated heterocycles. The van der Waals surface area contributed by atoms with E-state index in [-0.39, 0.29) is 0 Å². The molecule has 1 aromatic heterocycles. The van der Waals surface area contributed by atoms with Crippen molar-refractivity contribution in [1.29, 1.82) is 0 Å². The van der Waals surface area contributed by atoms with Crippen LogP contribution in [0.15, 0.2) is 82.4 Å². The molecule has 3 aromatic carbocycles. The summed E-state index contributed by atoms with van der Waals surface area (Å²) in [5.41, 5.74) is 5.70. The molecular formula is C28H27BrClN7O. The molecule has 0 spiro atoms. The quantitative estimate of drug-likeness (QED) is 0.159. The Labute approximate surface area is 235 Å². The number of hydrazone groups is 1. The lowest BCUT2D eigenvalue weighted by molar-refractivity contribution is 0.306. The summed E-state index contributed by atoms with van der Waals surface area (Å²) in [6.07, 6.45) is 5.16. The SMILES string of the molecule is Clc1ccc(COc2ccc(Br)cc2/C=N/Nc2nc(Nc3ccccc3)nc(N3CCCCC3)n2)cc1. The smallest absolute Gasteiger partial charge is 0.250 e. The minimum Gasteiger partial charge on any atom is -0.488 e. The summed E-state index contributed by atoms with van der Waals surface area (Å²) < 4.78 is 6.98. The number of halogens is 2. The summed E-state index contributed by atoms with van der Waals surface area (Å²) in [5, 5.41) is 8.39. The highest BCUT2D eigenvalue weighted by molar-refractivity contribution is 9.10. The lowest BCUT2D eigenvalue weighted by Gasteiger charge is -2.26. The number of nitrogens with one attached hydrogen (secondary N) is 2. The largest absolute Gasteiger partial charge is 0.488 e. The van der Waals surface area contributed by atoms with Crippen molar-refractivity contribution >= 4 is 57.3 Å². The summed E-state index contributed by atoms with van der Waals surface area (Å²) >= 11 is 9.52. The second kappa shape index (κ2) is 12.7. The maximum absolute atomic E-state index is 6.06. The lowest BCUT2D eigenvalue weighted by Crippen LogP contribution is -2.31. The van der Waals surface area contributed by atoms with Crippen molar-refractivity contribution in [2.24, 2.45) is 5.10 Å². The minimum absolute atomic E-state index is 0.355. The summed E-state index contributed by atoms with van der Waals surface area (Å²) in [6, 6.07) is 23.2. The van der Waals surface area contributed by atoms with Gasteiger partial charge in [-0.3, -0.25) is 0 Å². The molecule has 4 aromatic rings. The molecule has 194 valence electrons. The molecule has 0 radical (unpaired) electrons. The first-order chi connectivity index (χ1) is 18.6. The summed E-state index contributed by atoms with van der Waals surface area (Å²) in [5.74, 6) is 2.14. The number of hydrogen-bond donors (Lipinski definition) is 2. The molecule has 8 nitrogen and oxygen atoms in total. The van der Waals surface area contributed by atoms with E-state index in [0.29, 0.717) is 35.2 Å². The average molecular weight is 593 g/mol. The van der Waals surface area contributed by atoms with Gasteiger partial charge in [0.25, 0.3) is 0 Å². The number of anilines is 4. The third kappa shape index (κ3) is 7.20. The van der Waals surface area contributed by atoms with Gasteiger partial charge in [-0.2, -0.15) is 20.1 Å². The van der Waals surface area contributed by atoms with Gasteiger partial charge in [0.05, 0.1) is 6.21 Å². The molecule has 0 atom stereocenters. The Morgan fingerprint density at radius 1 is 0.921 bits per heavy atom. The number of rotatable bonds is 9. The molecular weight excluding hydrogens is 566 g/mol. The second-order valence-corrected chi connectivity index (χ2v) is 10.1. The van der Waals surface area contributed by atoms with Crippen LogP contribution in [0.2, 0.25) is 5.02 Å². The van der Waals surface area contributed by atoms with Crippen molar-refractivity contribution in [3.05, 3.63) is 93.4 Å². The van der Waals surface area contributed by atoms with E-state index in [1.165, 1.54) is 6.42 Å². The number of nitrogens with zero attached hydrogens (tertiary/aromatic N) is 5. The molecule has 1 fully saturated rings. The van der Waals surface area contributed by atoms with E-state index in [0.717, 1.165) is 47.2 Å². The zero-order valence-corrected chi connectivity index (χ0v) is 23.0. The van der Waals surface area contributed by atoms with Crippen LogP contribution >= 0.6 is 27.5 Å². The fourth-order valence-electron chi connectivity index (χ4n) is 4.01. The highest BCUT2D eigenvalue weighted by Gasteiger charge is 2.16. The maximum Gasteiger partial charge on any atom is 0.250 e. The minimum atomic E-state index is 0.355. The fourth-order valence-corrected chi connectivity index (χ4v) is 4.51. The van der Waals surface area contributed by atoms with Gasteiger partial charge in [-0.05, 0) is 67.3 Å². The van der Waals surface area contributed by atoms with E-state index in [9.17, 15) is 0 Å². The van der Waals surface area contributed by atoms with Crippen molar-refractivity contribution in [2.45, 2.75) is 25.9 Å². The van der Waals surface area contributed by atoms with Crippen LogP contribution in [0.4, 0.5) is 23.5 Å². The topological polar surface area (TPSA) is 87.6 Å². The van der Waals surface area contributed by atoms with Gasteiger partial charge in [-0.25, -0.2) is 5.43 Å². The molecule has 1 aliphatic rings. The maximum atomic E-state index is 6.06. The van der Waals surface area contributed by atoms with Crippen molar-refractivity contribution in [2.75, 3.05) is 28.7 Å².